The fraction of sp³-hybridized carbons (Fsp3) is 0.786. The molecule has 0 bridgehead atoms. The van der Waals surface area contributed by atoms with Crippen LogP contribution in [-0.4, -0.2) is 40.4 Å². The van der Waals surface area contributed by atoms with Crippen molar-refractivity contribution in [2.24, 2.45) is 0 Å². The van der Waals surface area contributed by atoms with Crippen molar-refractivity contribution in [2.75, 3.05) is 19.6 Å². The molecule has 0 spiro atoms. The van der Waals surface area contributed by atoms with Crippen LogP contribution in [0.2, 0.25) is 0 Å². The third kappa shape index (κ3) is 3.82. The number of aromatic nitrogens is 2. The second kappa shape index (κ2) is 6.90. The summed E-state index contributed by atoms with van der Waals surface area (Å²) in [6.07, 6.45) is 7.94. The van der Waals surface area contributed by atoms with Crippen LogP contribution < -0.4 is 5.32 Å². The first-order valence-corrected chi connectivity index (χ1v) is 7.29. The molecule has 1 N–H and O–H groups in total. The molecule has 0 aromatic carbocycles. The SMILES string of the molecule is CCCN1CCC(NCc2cnn(CC)c2)CC1. The molecule has 1 aromatic heterocycles. The van der Waals surface area contributed by atoms with Gasteiger partial charge in [-0.25, -0.2) is 0 Å². The van der Waals surface area contributed by atoms with Crippen LogP contribution in [0.15, 0.2) is 12.4 Å². The minimum absolute atomic E-state index is 0.683. The summed E-state index contributed by atoms with van der Waals surface area (Å²) in [6.45, 7) is 10.0. The quantitative estimate of drug-likeness (QED) is 0.836. The fourth-order valence-corrected chi connectivity index (χ4v) is 2.61. The number of nitrogens with zero attached hydrogens (tertiary/aromatic N) is 3. The van der Waals surface area contributed by atoms with Crippen LogP contribution >= 0.6 is 0 Å². The Kier molecular flexibility index (Phi) is 5.20. The second-order valence-electron chi connectivity index (χ2n) is 5.20. The Hall–Kier alpha value is -0.870. The lowest BCUT2D eigenvalue weighted by Crippen LogP contribution is -2.42. The normalized spacial score (nSPS) is 18.3. The molecule has 102 valence electrons. The van der Waals surface area contributed by atoms with Crippen LogP contribution in [0, 0.1) is 0 Å². The summed E-state index contributed by atoms with van der Waals surface area (Å²) >= 11 is 0. The molecule has 2 rings (SSSR count). The Balaban J connectivity index is 1.68. The van der Waals surface area contributed by atoms with Gasteiger partial charge in [0.1, 0.15) is 0 Å². The number of hydrogen-bond donors (Lipinski definition) is 1. The van der Waals surface area contributed by atoms with Gasteiger partial charge in [-0.2, -0.15) is 5.10 Å². The van der Waals surface area contributed by atoms with E-state index >= 15 is 0 Å². The molecule has 0 aliphatic carbocycles. The topological polar surface area (TPSA) is 33.1 Å². The third-order valence-corrected chi connectivity index (χ3v) is 3.73. The van der Waals surface area contributed by atoms with Crippen molar-refractivity contribution in [1.82, 2.24) is 20.0 Å². The molecule has 1 saturated heterocycles. The van der Waals surface area contributed by atoms with Crippen LogP contribution in [0.4, 0.5) is 0 Å². The highest BCUT2D eigenvalue weighted by Gasteiger charge is 2.17. The van der Waals surface area contributed by atoms with Gasteiger partial charge < -0.3 is 10.2 Å². The summed E-state index contributed by atoms with van der Waals surface area (Å²) in [7, 11) is 0. The van der Waals surface area contributed by atoms with Crippen LogP contribution in [0.25, 0.3) is 0 Å². The van der Waals surface area contributed by atoms with Gasteiger partial charge in [-0.1, -0.05) is 6.92 Å². The number of likely N-dealkylation sites (tertiary alicyclic amines) is 1. The molecule has 2 heterocycles. The van der Waals surface area contributed by atoms with E-state index in [1.165, 1.54) is 44.5 Å². The molecule has 0 amide bonds. The Bertz CT molecular complexity index is 339. The Morgan fingerprint density at radius 2 is 2.11 bits per heavy atom. The van der Waals surface area contributed by atoms with Gasteiger partial charge >= 0.3 is 0 Å². The predicted octanol–water partition coefficient (Wildman–Crippen LogP) is 1.87. The van der Waals surface area contributed by atoms with Crippen LogP contribution in [0.3, 0.4) is 0 Å². The van der Waals surface area contributed by atoms with Crippen molar-refractivity contribution < 1.29 is 0 Å². The van der Waals surface area contributed by atoms with Gasteiger partial charge in [-0.05, 0) is 45.8 Å². The first kappa shape index (κ1) is 13.6. The Morgan fingerprint density at radius 1 is 1.33 bits per heavy atom. The minimum atomic E-state index is 0.683. The highest BCUT2D eigenvalue weighted by Crippen LogP contribution is 2.11. The van der Waals surface area contributed by atoms with Crippen molar-refractivity contribution in [3.8, 4) is 0 Å². The Labute approximate surface area is 110 Å². The lowest BCUT2D eigenvalue weighted by atomic mass is 10.0. The molecule has 0 radical (unpaired) electrons. The van der Waals surface area contributed by atoms with Crippen molar-refractivity contribution in [2.45, 2.75) is 52.2 Å². The summed E-state index contributed by atoms with van der Waals surface area (Å²) < 4.78 is 1.99. The van der Waals surface area contributed by atoms with E-state index in [1.807, 2.05) is 10.9 Å². The largest absolute Gasteiger partial charge is 0.310 e. The molecule has 1 aromatic rings. The smallest absolute Gasteiger partial charge is 0.0534 e. The van der Waals surface area contributed by atoms with E-state index in [9.17, 15) is 0 Å². The average Bonchev–Trinajstić information content (AvgIpc) is 2.86. The maximum absolute atomic E-state index is 4.30. The highest BCUT2D eigenvalue weighted by molar-refractivity contribution is 5.03. The highest BCUT2D eigenvalue weighted by atomic mass is 15.3. The average molecular weight is 250 g/mol. The van der Waals surface area contributed by atoms with Crippen molar-refractivity contribution in [1.29, 1.82) is 0 Å². The molecule has 1 aliphatic rings. The van der Waals surface area contributed by atoms with Crippen LogP contribution in [0.1, 0.15) is 38.7 Å². The lowest BCUT2D eigenvalue weighted by Gasteiger charge is -2.32. The van der Waals surface area contributed by atoms with E-state index in [1.54, 1.807) is 0 Å². The second-order valence-corrected chi connectivity index (χ2v) is 5.20. The molecule has 4 nitrogen and oxygen atoms in total. The molecule has 18 heavy (non-hydrogen) atoms. The van der Waals surface area contributed by atoms with E-state index in [2.05, 4.69) is 35.4 Å². The first-order chi connectivity index (χ1) is 8.81. The monoisotopic (exact) mass is 250 g/mol. The molecule has 0 unspecified atom stereocenters. The zero-order valence-electron chi connectivity index (χ0n) is 11.7. The molecule has 0 saturated carbocycles. The summed E-state index contributed by atoms with van der Waals surface area (Å²) in [6, 6.07) is 0.683. The molecule has 1 aliphatic heterocycles. The van der Waals surface area contributed by atoms with Crippen molar-refractivity contribution in [3.05, 3.63) is 18.0 Å². The van der Waals surface area contributed by atoms with E-state index < -0.39 is 0 Å². The van der Waals surface area contributed by atoms with Gasteiger partial charge in [-0.15, -0.1) is 0 Å². The van der Waals surface area contributed by atoms with Crippen LogP contribution in [0.5, 0.6) is 0 Å². The predicted molar refractivity (Wildman–Crippen MR) is 74.5 cm³/mol. The number of nitrogens with one attached hydrogen (secondary N) is 1. The number of hydrogen-bond acceptors (Lipinski definition) is 3. The molecular weight excluding hydrogens is 224 g/mol. The first-order valence-electron chi connectivity index (χ1n) is 7.29. The minimum Gasteiger partial charge on any atom is -0.310 e. The third-order valence-electron chi connectivity index (χ3n) is 3.73. The number of rotatable bonds is 6. The molecule has 1 fully saturated rings. The number of aryl methyl sites for hydroxylation is 1. The van der Waals surface area contributed by atoms with E-state index in [0.717, 1.165) is 13.1 Å². The zero-order valence-corrected chi connectivity index (χ0v) is 11.7. The maximum atomic E-state index is 4.30. The fourth-order valence-electron chi connectivity index (χ4n) is 2.61. The van der Waals surface area contributed by atoms with Crippen molar-refractivity contribution >= 4 is 0 Å². The van der Waals surface area contributed by atoms with Gasteiger partial charge in [0.25, 0.3) is 0 Å². The summed E-state index contributed by atoms with van der Waals surface area (Å²) in [4.78, 5) is 2.58. The maximum Gasteiger partial charge on any atom is 0.0534 e. The van der Waals surface area contributed by atoms with E-state index in [4.69, 9.17) is 0 Å². The molecular formula is C14H26N4. The van der Waals surface area contributed by atoms with E-state index in [-0.39, 0.29) is 0 Å². The van der Waals surface area contributed by atoms with Crippen molar-refractivity contribution in [3.63, 3.8) is 0 Å². The standard InChI is InChI=1S/C14H26N4/c1-3-7-17-8-5-14(6-9-17)15-10-13-11-16-18(4-2)12-13/h11-12,14-15H,3-10H2,1-2H3. The van der Waals surface area contributed by atoms with Gasteiger partial charge in [0, 0.05) is 30.9 Å². The van der Waals surface area contributed by atoms with E-state index in [0.29, 0.717) is 6.04 Å². The van der Waals surface area contributed by atoms with Gasteiger partial charge in [-0.3, -0.25) is 4.68 Å². The molecule has 4 heteroatoms. The van der Waals surface area contributed by atoms with Crippen LogP contribution in [-0.2, 0) is 13.1 Å². The summed E-state index contributed by atoms with van der Waals surface area (Å²) in [5.41, 5.74) is 1.30. The summed E-state index contributed by atoms with van der Waals surface area (Å²) in [5.74, 6) is 0. The van der Waals surface area contributed by atoms with Gasteiger partial charge in [0.2, 0.25) is 0 Å². The van der Waals surface area contributed by atoms with Gasteiger partial charge in [0.05, 0.1) is 6.20 Å². The number of piperidine rings is 1. The Morgan fingerprint density at radius 3 is 2.72 bits per heavy atom. The zero-order chi connectivity index (χ0) is 12.8. The lowest BCUT2D eigenvalue weighted by molar-refractivity contribution is 0.197. The molecule has 0 atom stereocenters. The summed E-state index contributed by atoms with van der Waals surface area (Å²) in [5, 5.41) is 7.96. The van der Waals surface area contributed by atoms with Gasteiger partial charge in [0.15, 0.2) is 0 Å².